The van der Waals surface area contributed by atoms with Gasteiger partial charge in [-0.15, -0.1) is 0 Å². The number of ether oxygens (including phenoxy) is 4. The Morgan fingerprint density at radius 1 is 1.29 bits per heavy atom. The second kappa shape index (κ2) is 6.10. The molecule has 0 saturated carbocycles. The van der Waals surface area contributed by atoms with Gasteiger partial charge in [-0.3, -0.25) is 0 Å². The highest BCUT2D eigenvalue weighted by Gasteiger charge is 2.49. The molecule has 0 aromatic heterocycles. The standard InChI is InChI=1S/C15H17NO5/c1-18-15-12(17)10(7-16)13-11(20-15)8-19-14(21-13)9-5-3-2-4-6-9/h2-6,10-15,17H,8H2,1H3/t10-,11+,12-,13-,14?,15-/m0/s1. The van der Waals surface area contributed by atoms with Gasteiger partial charge in [0.25, 0.3) is 0 Å². The van der Waals surface area contributed by atoms with Gasteiger partial charge in [0.2, 0.25) is 0 Å². The van der Waals surface area contributed by atoms with Crippen LogP contribution in [0, 0.1) is 17.2 Å². The smallest absolute Gasteiger partial charge is 0.185 e. The van der Waals surface area contributed by atoms with Crippen molar-refractivity contribution >= 4 is 0 Å². The molecule has 3 rings (SSSR count). The van der Waals surface area contributed by atoms with Crippen LogP contribution in [0.1, 0.15) is 11.9 Å². The second-order valence-corrected chi connectivity index (χ2v) is 5.10. The zero-order chi connectivity index (χ0) is 14.8. The van der Waals surface area contributed by atoms with Crippen molar-refractivity contribution in [3.05, 3.63) is 35.9 Å². The van der Waals surface area contributed by atoms with Crippen LogP contribution in [0.25, 0.3) is 0 Å². The molecule has 2 aliphatic rings. The minimum Gasteiger partial charge on any atom is -0.386 e. The zero-order valence-electron chi connectivity index (χ0n) is 11.6. The van der Waals surface area contributed by atoms with E-state index in [1.54, 1.807) is 0 Å². The van der Waals surface area contributed by atoms with Crippen molar-refractivity contribution in [2.75, 3.05) is 13.7 Å². The lowest BCUT2D eigenvalue weighted by molar-refractivity contribution is -0.344. The van der Waals surface area contributed by atoms with E-state index in [0.717, 1.165) is 5.56 Å². The van der Waals surface area contributed by atoms with Gasteiger partial charge < -0.3 is 24.1 Å². The van der Waals surface area contributed by atoms with E-state index in [4.69, 9.17) is 18.9 Å². The zero-order valence-corrected chi connectivity index (χ0v) is 11.6. The predicted octanol–water partition coefficient (Wildman–Crippen LogP) is 0.973. The number of fused-ring (bicyclic) bond motifs is 1. The molecule has 2 fully saturated rings. The predicted molar refractivity (Wildman–Crippen MR) is 70.8 cm³/mol. The third kappa shape index (κ3) is 2.67. The molecule has 2 aliphatic heterocycles. The van der Waals surface area contributed by atoms with Gasteiger partial charge in [-0.1, -0.05) is 30.3 Å². The molecule has 1 aromatic rings. The van der Waals surface area contributed by atoms with Gasteiger partial charge in [0, 0.05) is 12.7 Å². The summed E-state index contributed by atoms with van der Waals surface area (Å²) in [7, 11) is 1.43. The molecule has 6 atom stereocenters. The molecule has 0 radical (unpaired) electrons. The number of nitrogens with zero attached hydrogens (tertiary/aromatic N) is 1. The van der Waals surface area contributed by atoms with Gasteiger partial charge in [0.05, 0.1) is 12.7 Å². The lowest BCUT2D eigenvalue weighted by atomic mass is 9.89. The fourth-order valence-corrected chi connectivity index (χ4v) is 2.73. The molecule has 0 spiro atoms. The Morgan fingerprint density at radius 3 is 2.71 bits per heavy atom. The molecule has 0 amide bonds. The monoisotopic (exact) mass is 291 g/mol. The molecule has 6 heteroatoms. The molecular formula is C15H17NO5. The lowest BCUT2D eigenvalue weighted by Gasteiger charge is -2.45. The average molecular weight is 291 g/mol. The Labute approximate surface area is 122 Å². The summed E-state index contributed by atoms with van der Waals surface area (Å²) in [5.41, 5.74) is 0.871. The minimum atomic E-state index is -1.05. The van der Waals surface area contributed by atoms with Crippen LogP contribution in [0.5, 0.6) is 0 Å². The van der Waals surface area contributed by atoms with Crippen molar-refractivity contribution in [1.82, 2.24) is 0 Å². The summed E-state index contributed by atoms with van der Waals surface area (Å²) in [6.07, 6.45) is -3.41. The van der Waals surface area contributed by atoms with E-state index in [-0.39, 0.29) is 6.61 Å². The molecule has 0 aliphatic carbocycles. The Morgan fingerprint density at radius 2 is 2.05 bits per heavy atom. The van der Waals surface area contributed by atoms with E-state index in [0.29, 0.717) is 0 Å². The van der Waals surface area contributed by atoms with E-state index in [9.17, 15) is 10.4 Å². The number of hydrogen-bond donors (Lipinski definition) is 1. The highest BCUT2D eigenvalue weighted by atomic mass is 16.7. The van der Waals surface area contributed by atoms with Crippen LogP contribution in [0.3, 0.4) is 0 Å². The summed E-state index contributed by atoms with van der Waals surface area (Å²) in [6, 6.07) is 11.6. The number of methoxy groups -OCH3 is 1. The highest BCUT2D eigenvalue weighted by Crippen LogP contribution is 2.36. The van der Waals surface area contributed by atoms with Crippen LogP contribution >= 0.6 is 0 Å². The first kappa shape index (κ1) is 14.4. The summed E-state index contributed by atoms with van der Waals surface area (Å²) in [5, 5.41) is 19.5. The summed E-state index contributed by atoms with van der Waals surface area (Å²) in [6.45, 7) is 0.287. The molecular weight excluding hydrogens is 274 g/mol. The molecule has 2 heterocycles. The SMILES string of the molecule is CO[C@H]1O[C@@H]2COC(c3ccccc3)O[C@H]2[C@@H](C#N)[C@@H]1O. The van der Waals surface area contributed by atoms with Gasteiger partial charge in [-0.25, -0.2) is 0 Å². The molecule has 21 heavy (non-hydrogen) atoms. The van der Waals surface area contributed by atoms with Crippen molar-refractivity contribution in [1.29, 1.82) is 5.26 Å². The first-order valence-corrected chi connectivity index (χ1v) is 6.82. The van der Waals surface area contributed by atoms with Crippen molar-refractivity contribution in [3.63, 3.8) is 0 Å². The van der Waals surface area contributed by atoms with E-state index in [1.807, 2.05) is 30.3 Å². The van der Waals surface area contributed by atoms with E-state index < -0.39 is 36.8 Å². The highest BCUT2D eigenvalue weighted by molar-refractivity contribution is 5.17. The molecule has 1 unspecified atom stereocenters. The van der Waals surface area contributed by atoms with Crippen LogP contribution in [0.15, 0.2) is 30.3 Å². The number of aliphatic hydroxyl groups is 1. The number of rotatable bonds is 2. The molecule has 1 aromatic carbocycles. The fourth-order valence-electron chi connectivity index (χ4n) is 2.73. The lowest BCUT2D eigenvalue weighted by Crippen LogP contribution is -2.58. The third-order valence-electron chi connectivity index (χ3n) is 3.82. The van der Waals surface area contributed by atoms with Gasteiger partial charge >= 0.3 is 0 Å². The molecule has 1 N–H and O–H groups in total. The summed E-state index contributed by atoms with van der Waals surface area (Å²) in [4.78, 5) is 0. The number of hydrogen-bond acceptors (Lipinski definition) is 6. The largest absolute Gasteiger partial charge is 0.386 e. The molecule has 0 bridgehead atoms. The first-order chi connectivity index (χ1) is 10.2. The maximum Gasteiger partial charge on any atom is 0.185 e. The van der Waals surface area contributed by atoms with Crippen LogP contribution in [0.2, 0.25) is 0 Å². The molecule has 6 nitrogen and oxygen atoms in total. The Balaban J connectivity index is 1.79. The van der Waals surface area contributed by atoms with Gasteiger partial charge in [0.15, 0.2) is 12.6 Å². The van der Waals surface area contributed by atoms with Crippen molar-refractivity contribution in [2.24, 2.45) is 5.92 Å². The maximum atomic E-state index is 10.1. The summed E-state index contributed by atoms with van der Waals surface area (Å²) in [5.74, 6) is -0.719. The minimum absolute atomic E-state index is 0.287. The van der Waals surface area contributed by atoms with Crippen LogP contribution in [-0.4, -0.2) is 43.4 Å². The normalized spacial score (nSPS) is 39.3. The van der Waals surface area contributed by atoms with Crippen molar-refractivity contribution < 1.29 is 24.1 Å². The van der Waals surface area contributed by atoms with E-state index in [1.165, 1.54) is 7.11 Å². The average Bonchev–Trinajstić information content (AvgIpc) is 2.54. The van der Waals surface area contributed by atoms with Gasteiger partial charge in [-0.05, 0) is 0 Å². The van der Waals surface area contributed by atoms with Crippen LogP contribution in [0.4, 0.5) is 0 Å². The second-order valence-electron chi connectivity index (χ2n) is 5.10. The number of benzene rings is 1. The fraction of sp³-hybridized carbons (Fsp3) is 0.533. The number of nitriles is 1. The first-order valence-electron chi connectivity index (χ1n) is 6.82. The van der Waals surface area contributed by atoms with Crippen LogP contribution < -0.4 is 0 Å². The Hall–Kier alpha value is -1.49. The third-order valence-corrected chi connectivity index (χ3v) is 3.82. The van der Waals surface area contributed by atoms with Crippen molar-refractivity contribution in [3.8, 4) is 6.07 Å². The van der Waals surface area contributed by atoms with Gasteiger partial charge in [-0.2, -0.15) is 5.26 Å². The quantitative estimate of drug-likeness (QED) is 0.874. The van der Waals surface area contributed by atoms with E-state index in [2.05, 4.69) is 6.07 Å². The summed E-state index contributed by atoms with van der Waals surface area (Å²) >= 11 is 0. The Bertz CT molecular complexity index is 517. The van der Waals surface area contributed by atoms with Crippen molar-refractivity contribution in [2.45, 2.75) is 30.9 Å². The Kier molecular flexibility index (Phi) is 4.19. The number of aliphatic hydroxyl groups excluding tert-OH is 1. The van der Waals surface area contributed by atoms with E-state index >= 15 is 0 Å². The molecule has 2 saturated heterocycles. The topological polar surface area (TPSA) is 80.9 Å². The maximum absolute atomic E-state index is 10.1. The molecule has 112 valence electrons. The summed E-state index contributed by atoms with van der Waals surface area (Å²) < 4.78 is 22.2. The van der Waals surface area contributed by atoms with Crippen LogP contribution in [-0.2, 0) is 18.9 Å². The van der Waals surface area contributed by atoms with Gasteiger partial charge in [0.1, 0.15) is 24.2 Å².